The van der Waals surface area contributed by atoms with E-state index in [0.29, 0.717) is 24.1 Å². The van der Waals surface area contributed by atoms with Crippen LogP contribution in [-0.2, 0) is 11.3 Å². The highest BCUT2D eigenvalue weighted by Gasteiger charge is 2.10. The van der Waals surface area contributed by atoms with E-state index in [9.17, 15) is 0 Å². The van der Waals surface area contributed by atoms with Gasteiger partial charge in [0.15, 0.2) is 5.82 Å². The van der Waals surface area contributed by atoms with Crippen LogP contribution in [0.25, 0.3) is 0 Å². The molecule has 0 saturated carbocycles. The maximum absolute atomic E-state index is 5.45. The number of hydrazine groups is 1. The van der Waals surface area contributed by atoms with Crippen LogP contribution < -0.4 is 20.9 Å². The Labute approximate surface area is 123 Å². The number of nitrogens with two attached hydrogens (primary N) is 1. The number of hydrogen-bond acceptors (Lipinski definition) is 7. The molecule has 21 heavy (non-hydrogen) atoms. The SMILES string of the molecule is COCc1nc(NN)cc(N(C)c2cccc(OC)c2)n1. The molecule has 1 heterocycles. The maximum Gasteiger partial charge on any atom is 0.158 e. The summed E-state index contributed by atoms with van der Waals surface area (Å²) in [4.78, 5) is 10.6. The molecule has 2 aromatic rings. The molecule has 7 nitrogen and oxygen atoms in total. The number of hydrogen-bond donors (Lipinski definition) is 2. The minimum Gasteiger partial charge on any atom is -0.497 e. The van der Waals surface area contributed by atoms with Crippen LogP contribution in [0, 0.1) is 0 Å². The van der Waals surface area contributed by atoms with Crippen molar-refractivity contribution in [2.24, 2.45) is 5.84 Å². The molecule has 0 aliphatic heterocycles. The molecule has 0 saturated heterocycles. The lowest BCUT2D eigenvalue weighted by molar-refractivity contribution is 0.178. The molecule has 1 aromatic heterocycles. The molecule has 0 atom stereocenters. The van der Waals surface area contributed by atoms with Crippen molar-refractivity contribution in [2.75, 3.05) is 31.6 Å². The zero-order valence-electron chi connectivity index (χ0n) is 12.3. The molecule has 112 valence electrons. The van der Waals surface area contributed by atoms with Gasteiger partial charge in [-0.05, 0) is 12.1 Å². The normalized spacial score (nSPS) is 10.3. The first kappa shape index (κ1) is 15.0. The molecule has 3 N–H and O–H groups in total. The minimum atomic E-state index is 0.314. The van der Waals surface area contributed by atoms with Gasteiger partial charge in [0.2, 0.25) is 0 Å². The fraction of sp³-hybridized carbons (Fsp3) is 0.286. The Hall–Kier alpha value is -2.38. The summed E-state index contributed by atoms with van der Waals surface area (Å²) in [6.07, 6.45) is 0. The predicted octanol–water partition coefficient (Wildman–Crippen LogP) is 1.69. The second-order valence-electron chi connectivity index (χ2n) is 4.37. The van der Waals surface area contributed by atoms with E-state index >= 15 is 0 Å². The van der Waals surface area contributed by atoms with E-state index in [0.717, 1.165) is 11.4 Å². The van der Waals surface area contributed by atoms with Crippen LogP contribution >= 0.6 is 0 Å². The predicted molar refractivity (Wildman–Crippen MR) is 81.6 cm³/mol. The molecule has 2 rings (SSSR count). The zero-order valence-corrected chi connectivity index (χ0v) is 12.3. The summed E-state index contributed by atoms with van der Waals surface area (Å²) in [7, 11) is 5.14. The number of nitrogen functional groups attached to an aromatic ring is 1. The van der Waals surface area contributed by atoms with Crippen LogP contribution in [0.4, 0.5) is 17.3 Å². The first-order valence-corrected chi connectivity index (χ1v) is 6.39. The maximum atomic E-state index is 5.45. The van der Waals surface area contributed by atoms with Crippen molar-refractivity contribution in [3.63, 3.8) is 0 Å². The van der Waals surface area contributed by atoms with Crippen molar-refractivity contribution < 1.29 is 9.47 Å². The second kappa shape index (κ2) is 6.87. The third kappa shape index (κ3) is 3.59. The van der Waals surface area contributed by atoms with E-state index < -0.39 is 0 Å². The molecule has 0 bridgehead atoms. The number of nitrogens with zero attached hydrogens (tertiary/aromatic N) is 3. The average Bonchev–Trinajstić information content (AvgIpc) is 2.54. The van der Waals surface area contributed by atoms with Gasteiger partial charge < -0.3 is 19.8 Å². The summed E-state index contributed by atoms with van der Waals surface area (Å²) in [5.41, 5.74) is 3.48. The topological polar surface area (TPSA) is 85.5 Å². The molecular formula is C14H19N5O2. The second-order valence-corrected chi connectivity index (χ2v) is 4.37. The van der Waals surface area contributed by atoms with Crippen LogP contribution in [0.15, 0.2) is 30.3 Å². The first-order valence-electron chi connectivity index (χ1n) is 6.39. The van der Waals surface area contributed by atoms with Crippen molar-refractivity contribution in [3.05, 3.63) is 36.2 Å². The number of benzene rings is 1. The van der Waals surface area contributed by atoms with E-state index in [-0.39, 0.29) is 0 Å². The van der Waals surface area contributed by atoms with E-state index in [1.54, 1.807) is 20.3 Å². The molecule has 0 aliphatic rings. The summed E-state index contributed by atoms with van der Waals surface area (Å²) < 4.78 is 10.3. The number of ether oxygens (including phenoxy) is 2. The van der Waals surface area contributed by atoms with Gasteiger partial charge in [-0.1, -0.05) is 6.07 Å². The molecule has 0 amide bonds. The standard InChI is InChI=1S/C14H19N5O2/c1-19(10-5-4-6-11(7-10)21-3)14-8-12(18-15)16-13(17-14)9-20-2/h4-8H,9,15H2,1-3H3,(H,16,17,18). The summed E-state index contributed by atoms with van der Waals surface area (Å²) in [6, 6.07) is 9.47. The minimum absolute atomic E-state index is 0.314. The van der Waals surface area contributed by atoms with Crippen molar-refractivity contribution >= 4 is 17.3 Å². The van der Waals surface area contributed by atoms with Gasteiger partial charge in [-0.2, -0.15) is 0 Å². The van der Waals surface area contributed by atoms with Gasteiger partial charge in [0.25, 0.3) is 0 Å². The number of rotatable bonds is 6. The van der Waals surface area contributed by atoms with Gasteiger partial charge in [0, 0.05) is 32.0 Å². The molecule has 0 spiro atoms. The summed E-state index contributed by atoms with van der Waals surface area (Å²) in [5.74, 6) is 8.02. The lowest BCUT2D eigenvalue weighted by atomic mass is 10.2. The highest BCUT2D eigenvalue weighted by atomic mass is 16.5. The third-order valence-corrected chi connectivity index (χ3v) is 2.96. The van der Waals surface area contributed by atoms with Crippen molar-refractivity contribution in [2.45, 2.75) is 6.61 Å². The van der Waals surface area contributed by atoms with Gasteiger partial charge in [0.05, 0.1) is 7.11 Å². The van der Waals surface area contributed by atoms with Gasteiger partial charge in [0.1, 0.15) is 24.0 Å². The van der Waals surface area contributed by atoms with Gasteiger partial charge in [-0.25, -0.2) is 15.8 Å². The quantitative estimate of drug-likeness (QED) is 0.618. The highest BCUT2D eigenvalue weighted by molar-refractivity contribution is 5.63. The van der Waals surface area contributed by atoms with Gasteiger partial charge in [-0.15, -0.1) is 0 Å². The Morgan fingerprint density at radius 2 is 2.05 bits per heavy atom. The molecule has 0 unspecified atom stereocenters. The fourth-order valence-corrected chi connectivity index (χ4v) is 1.87. The Balaban J connectivity index is 2.36. The molecule has 7 heteroatoms. The lowest BCUT2D eigenvalue weighted by Crippen LogP contribution is -2.16. The monoisotopic (exact) mass is 289 g/mol. The van der Waals surface area contributed by atoms with E-state index in [1.807, 2.05) is 36.2 Å². The Morgan fingerprint density at radius 1 is 1.24 bits per heavy atom. The third-order valence-electron chi connectivity index (χ3n) is 2.96. The Bertz CT molecular complexity index is 606. The number of anilines is 3. The van der Waals surface area contributed by atoms with Crippen LogP contribution in [0.1, 0.15) is 5.82 Å². The molecule has 0 fully saturated rings. The van der Waals surface area contributed by atoms with Crippen molar-refractivity contribution in [3.8, 4) is 5.75 Å². The van der Waals surface area contributed by atoms with Crippen LogP contribution in [-0.4, -0.2) is 31.2 Å². The number of aromatic nitrogens is 2. The lowest BCUT2D eigenvalue weighted by Gasteiger charge is -2.20. The zero-order chi connectivity index (χ0) is 15.2. The van der Waals surface area contributed by atoms with Crippen LogP contribution in [0.2, 0.25) is 0 Å². The fourth-order valence-electron chi connectivity index (χ4n) is 1.87. The van der Waals surface area contributed by atoms with Crippen molar-refractivity contribution in [1.82, 2.24) is 9.97 Å². The highest BCUT2D eigenvalue weighted by Crippen LogP contribution is 2.26. The van der Waals surface area contributed by atoms with Gasteiger partial charge in [-0.3, -0.25) is 0 Å². The largest absolute Gasteiger partial charge is 0.497 e. The number of methoxy groups -OCH3 is 2. The Kier molecular flexibility index (Phi) is 4.91. The van der Waals surface area contributed by atoms with E-state index in [4.69, 9.17) is 15.3 Å². The summed E-state index contributed by atoms with van der Waals surface area (Å²) in [5, 5.41) is 0. The Morgan fingerprint density at radius 3 is 2.71 bits per heavy atom. The number of nitrogens with one attached hydrogen (secondary N) is 1. The van der Waals surface area contributed by atoms with E-state index in [2.05, 4.69) is 15.4 Å². The average molecular weight is 289 g/mol. The molecular weight excluding hydrogens is 270 g/mol. The molecule has 0 aliphatic carbocycles. The van der Waals surface area contributed by atoms with Gasteiger partial charge >= 0.3 is 0 Å². The van der Waals surface area contributed by atoms with Crippen LogP contribution in [0.3, 0.4) is 0 Å². The molecule has 1 aromatic carbocycles. The summed E-state index contributed by atoms with van der Waals surface area (Å²) in [6.45, 7) is 0.314. The van der Waals surface area contributed by atoms with Crippen LogP contribution in [0.5, 0.6) is 5.75 Å². The smallest absolute Gasteiger partial charge is 0.158 e. The molecule has 0 radical (unpaired) electrons. The first-order chi connectivity index (χ1) is 10.2. The van der Waals surface area contributed by atoms with Crippen molar-refractivity contribution in [1.29, 1.82) is 0 Å². The van der Waals surface area contributed by atoms with E-state index in [1.165, 1.54) is 0 Å². The summed E-state index contributed by atoms with van der Waals surface area (Å²) >= 11 is 0.